The molecule has 0 saturated heterocycles. The molecule has 0 aliphatic heterocycles. The fraction of sp³-hybridized carbons (Fsp3) is 0.107. The molecule has 36 heavy (non-hydrogen) atoms. The van der Waals surface area contributed by atoms with Crippen LogP contribution in [0.15, 0.2) is 85.5 Å². The van der Waals surface area contributed by atoms with E-state index in [4.69, 9.17) is 4.98 Å². The fourth-order valence-electron chi connectivity index (χ4n) is 4.03. The van der Waals surface area contributed by atoms with Crippen molar-refractivity contribution >= 4 is 33.4 Å². The van der Waals surface area contributed by atoms with Crippen LogP contribution in [0.25, 0.3) is 50.3 Å². The number of H-pyrrole nitrogens is 2. The Balaban J connectivity index is 1.57. The fourth-order valence-corrected chi connectivity index (χ4v) is 4.03. The minimum absolute atomic E-state index is 0.0615. The van der Waals surface area contributed by atoms with Crippen molar-refractivity contribution < 1.29 is 4.79 Å². The van der Waals surface area contributed by atoms with Gasteiger partial charge in [-0.25, -0.2) is 4.98 Å². The molecule has 1 amide bonds. The summed E-state index contributed by atoms with van der Waals surface area (Å²) in [6.45, 7) is 7.60. The Morgan fingerprint density at radius 1 is 1.17 bits per heavy atom. The van der Waals surface area contributed by atoms with Crippen LogP contribution >= 0.6 is 0 Å². The maximum atomic E-state index is 11.9. The lowest BCUT2D eigenvalue weighted by Crippen LogP contribution is -2.20. The summed E-state index contributed by atoms with van der Waals surface area (Å²) in [5.74, 6) is 0.576. The molecule has 5 aromatic rings. The number of hydrogen-bond donors (Lipinski definition) is 3. The Morgan fingerprint density at radius 2 is 2.06 bits per heavy atom. The van der Waals surface area contributed by atoms with Crippen molar-refractivity contribution in [3.8, 4) is 22.8 Å². The Bertz CT molecular complexity index is 1640. The van der Waals surface area contributed by atoms with Gasteiger partial charge in [0.2, 0.25) is 5.91 Å². The summed E-state index contributed by atoms with van der Waals surface area (Å²) in [4.78, 5) is 28.9. The van der Waals surface area contributed by atoms with Gasteiger partial charge in [-0.2, -0.15) is 5.10 Å². The first-order valence-electron chi connectivity index (χ1n) is 11.7. The van der Waals surface area contributed by atoms with E-state index in [0.717, 1.165) is 44.3 Å². The number of aromatic nitrogens is 6. The van der Waals surface area contributed by atoms with E-state index in [1.54, 1.807) is 24.7 Å². The van der Waals surface area contributed by atoms with Crippen molar-refractivity contribution in [2.75, 3.05) is 0 Å². The first-order valence-corrected chi connectivity index (χ1v) is 11.7. The number of benzene rings is 1. The molecule has 0 atom stereocenters. The molecule has 8 nitrogen and oxygen atoms in total. The number of hydrogen-bond acceptors (Lipinski definition) is 5. The molecular weight excluding hydrogens is 450 g/mol. The van der Waals surface area contributed by atoms with Gasteiger partial charge in [0.1, 0.15) is 11.2 Å². The van der Waals surface area contributed by atoms with Crippen molar-refractivity contribution in [1.29, 1.82) is 0 Å². The third-order valence-corrected chi connectivity index (χ3v) is 5.90. The number of carbonyl (C=O) groups excluding carboxylic acids is 1. The Morgan fingerprint density at radius 3 is 2.81 bits per heavy atom. The lowest BCUT2D eigenvalue weighted by molar-refractivity contribution is -0.120. The van der Waals surface area contributed by atoms with E-state index < -0.39 is 0 Å². The van der Waals surface area contributed by atoms with Gasteiger partial charge >= 0.3 is 0 Å². The van der Waals surface area contributed by atoms with Crippen LogP contribution < -0.4 is 5.32 Å². The number of carbonyl (C=O) groups is 1. The highest BCUT2D eigenvalue weighted by molar-refractivity contribution is 5.97. The Kier molecular flexibility index (Phi) is 6.23. The van der Waals surface area contributed by atoms with Crippen LogP contribution in [0, 0.1) is 0 Å². The van der Waals surface area contributed by atoms with Crippen molar-refractivity contribution in [2.24, 2.45) is 0 Å². The van der Waals surface area contributed by atoms with Crippen LogP contribution in [0.1, 0.15) is 25.8 Å². The van der Waals surface area contributed by atoms with E-state index in [0.29, 0.717) is 23.6 Å². The normalized spacial score (nSPS) is 12.3. The van der Waals surface area contributed by atoms with Gasteiger partial charge in [0.15, 0.2) is 5.82 Å². The topological polar surface area (TPSA) is 112 Å². The van der Waals surface area contributed by atoms with Gasteiger partial charge in [-0.15, -0.1) is 0 Å². The molecule has 0 unspecified atom stereocenters. The smallest absolute Gasteiger partial charge is 0.224 e. The lowest BCUT2D eigenvalue weighted by Gasteiger charge is -2.08. The Hall–Kier alpha value is -4.85. The van der Waals surface area contributed by atoms with Crippen LogP contribution in [0.2, 0.25) is 0 Å². The first kappa shape index (κ1) is 22.9. The summed E-state index contributed by atoms with van der Waals surface area (Å²) >= 11 is 0. The number of fused-ring (bicyclic) bond motifs is 2. The SMILES string of the molecule is C=C/C(=C\C(=C/C)c1ccc2[nH]nc(-c3nc4c(-c5ccccn5)cncc4[nH]3)c2c1)NC(=O)CC. The van der Waals surface area contributed by atoms with Crippen LogP contribution in [-0.4, -0.2) is 36.0 Å². The first-order chi connectivity index (χ1) is 17.6. The van der Waals surface area contributed by atoms with Gasteiger partial charge in [0.05, 0.1) is 22.9 Å². The third kappa shape index (κ3) is 4.32. The second-order valence-corrected chi connectivity index (χ2v) is 8.17. The number of imidazole rings is 1. The van der Waals surface area contributed by atoms with Gasteiger partial charge < -0.3 is 10.3 Å². The number of pyridine rings is 2. The molecule has 3 N–H and O–H groups in total. The monoisotopic (exact) mass is 475 g/mol. The summed E-state index contributed by atoms with van der Waals surface area (Å²) in [5.41, 5.74) is 7.41. The molecule has 1 aromatic carbocycles. The molecule has 8 heteroatoms. The number of allylic oxidation sites excluding steroid dienone is 4. The Labute approximate surface area is 207 Å². The minimum atomic E-state index is -0.0615. The zero-order chi connectivity index (χ0) is 25.1. The predicted octanol–water partition coefficient (Wildman–Crippen LogP) is 5.56. The average molecular weight is 476 g/mol. The molecule has 4 heterocycles. The standard InChI is InChI=1S/C28H25N7O/c1-4-17(13-19(5-2)31-25(36)6-3)18-10-11-23-20(14-18)27(35-34-23)28-32-24-16-29-15-21(26(24)33-28)22-9-7-8-12-30-22/h4-5,7-16H,2,6H2,1,3H3,(H,31,36)(H,32,33)(H,34,35)/b17-4+,19-13+. The number of aromatic amines is 2. The van der Waals surface area contributed by atoms with Crippen molar-refractivity contribution in [3.63, 3.8) is 0 Å². The molecule has 4 aromatic heterocycles. The van der Waals surface area contributed by atoms with Crippen molar-refractivity contribution in [1.82, 2.24) is 35.5 Å². The summed E-state index contributed by atoms with van der Waals surface area (Å²) in [6.07, 6.45) is 11.2. The highest BCUT2D eigenvalue weighted by atomic mass is 16.1. The van der Waals surface area contributed by atoms with E-state index in [1.807, 2.05) is 56.3 Å². The largest absolute Gasteiger partial charge is 0.335 e. The highest BCUT2D eigenvalue weighted by Crippen LogP contribution is 2.31. The van der Waals surface area contributed by atoms with Crippen LogP contribution in [0.5, 0.6) is 0 Å². The van der Waals surface area contributed by atoms with E-state index in [1.165, 1.54) is 0 Å². The zero-order valence-electron chi connectivity index (χ0n) is 20.0. The van der Waals surface area contributed by atoms with Crippen molar-refractivity contribution in [3.05, 3.63) is 91.1 Å². The van der Waals surface area contributed by atoms with Gasteiger partial charge in [-0.1, -0.05) is 31.7 Å². The van der Waals surface area contributed by atoms with Gasteiger partial charge in [-0.3, -0.25) is 19.9 Å². The third-order valence-electron chi connectivity index (χ3n) is 5.90. The van der Waals surface area contributed by atoms with Crippen LogP contribution in [0.3, 0.4) is 0 Å². The summed E-state index contributed by atoms with van der Waals surface area (Å²) in [7, 11) is 0. The summed E-state index contributed by atoms with van der Waals surface area (Å²) in [6, 6.07) is 11.8. The van der Waals surface area contributed by atoms with Crippen LogP contribution in [0.4, 0.5) is 0 Å². The molecule has 5 rings (SSSR count). The number of rotatable bonds is 7. The van der Waals surface area contributed by atoms with E-state index in [-0.39, 0.29) is 5.91 Å². The molecule has 0 aliphatic carbocycles. The van der Waals surface area contributed by atoms with E-state index in [2.05, 4.69) is 43.1 Å². The minimum Gasteiger partial charge on any atom is -0.335 e. The maximum absolute atomic E-state index is 11.9. The number of nitrogens with one attached hydrogen (secondary N) is 3. The molecule has 0 saturated carbocycles. The van der Waals surface area contributed by atoms with E-state index >= 15 is 0 Å². The number of nitrogens with zero attached hydrogens (tertiary/aromatic N) is 4. The zero-order valence-corrected chi connectivity index (χ0v) is 20.0. The number of amides is 1. The quantitative estimate of drug-likeness (QED) is 0.267. The molecule has 0 fully saturated rings. The van der Waals surface area contributed by atoms with E-state index in [9.17, 15) is 4.79 Å². The highest BCUT2D eigenvalue weighted by Gasteiger charge is 2.16. The van der Waals surface area contributed by atoms with Crippen LogP contribution in [-0.2, 0) is 4.79 Å². The van der Waals surface area contributed by atoms with Crippen molar-refractivity contribution in [2.45, 2.75) is 20.3 Å². The molecule has 178 valence electrons. The second-order valence-electron chi connectivity index (χ2n) is 8.17. The predicted molar refractivity (Wildman–Crippen MR) is 143 cm³/mol. The van der Waals surface area contributed by atoms with Gasteiger partial charge in [-0.05, 0) is 54.5 Å². The molecule has 0 aliphatic rings. The summed E-state index contributed by atoms with van der Waals surface area (Å²) in [5, 5.41) is 11.4. The maximum Gasteiger partial charge on any atom is 0.224 e. The molecule has 0 bridgehead atoms. The molecule has 0 radical (unpaired) electrons. The molecular formula is C28H25N7O. The van der Waals surface area contributed by atoms with Gasteiger partial charge in [0, 0.05) is 35.5 Å². The van der Waals surface area contributed by atoms with Gasteiger partial charge in [0.25, 0.3) is 0 Å². The average Bonchev–Trinajstić information content (AvgIpc) is 3.54. The molecule has 0 spiro atoms. The summed E-state index contributed by atoms with van der Waals surface area (Å²) < 4.78 is 0. The second kappa shape index (κ2) is 9.79. The lowest BCUT2D eigenvalue weighted by atomic mass is 10.0.